The number of carbonyl (C=O) groups is 2. The first kappa shape index (κ1) is 21.2. The zero-order valence-electron chi connectivity index (χ0n) is 14.7. The van der Waals surface area contributed by atoms with Gasteiger partial charge in [-0.2, -0.15) is 0 Å². The lowest BCUT2D eigenvalue weighted by atomic mass is 10.1. The van der Waals surface area contributed by atoms with Crippen LogP contribution in [0.1, 0.15) is 5.56 Å². The van der Waals surface area contributed by atoms with E-state index in [2.05, 4.69) is 27.8 Å². The highest BCUT2D eigenvalue weighted by atomic mass is 79.9. The van der Waals surface area contributed by atoms with Crippen LogP contribution in [0.2, 0.25) is 5.02 Å². The molecule has 0 atom stereocenters. The first-order valence-electron chi connectivity index (χ1n) is 8.22. The van der Waals surface area contributed by atoms with Crippen molar-refractivity contribution in [3.8, 4) is 5.75 Å². The number of thiocarbonyl (C=S) groups is 1. The molecule has 5 nitrogen and oxygen atoms in total. The van der Waals surface area contributed by atoms with Crippen LogP contribution in [0.3, 0.4) is 0 Å². The topological polar surface area (TPSA) is 58.6 Å². The smallest absolute Gasteiger partial charge is 0.270 e. The molecule has 1 aliphatic rings. The van der Waals surface area contributed by atoms with Gasteiger partial charge in [-0.1, -0.05) is 36.4 Å². The van der Waals surface area contributed by atoms with E-state index >= 15 is 0 Å². The van der Waals surface area contributed by atoms with E-state index in [4.69, 9.17) is 28.6 Å². The highest BCUT2D eigenvalue weighted by Gasteiger charge is 2.35. The Morgan fingerprint density at radius 3 is 2.69 bits per heavy atom. The highest BCUT2D eigenvalue weighted by Crippen LogP contribution is 2.35. The van der Waals surface area contributed by atoms with Gasteiger partial charge in [0, 0.05) is 0 Å². The molecule has 0 aliphatic carbocycles. The number of halogens is 3. The van der Waals surface area contributed by atoms with Crippen LogP contribution in [0.4, 0.5) is 10.1 Å². The number of hydrogen-bond acceptors (Lipinski definition) is 4. The van der Waals surface area contributed by atoms with Gasteiger partial charge in [-0.3, -0.25) is 14.9 Å². The number of amides is 2. The highest BCUT2D eigenvalue weighted by molar-refractivity contribution is 9.10. The molecule has 1 saturated heterocycles. The summed E-state index contributed by atoms with van der Waals surface area (Å²) in [5, 5.41) is 2.48. The lowest BCUT2D eigenvalue weighted by Crippen LogP contribution is -2.54. The summed E-state index contributed by atoms with van der Waals surface area (Å²) in [4.78, 5) is 26.3. The Bertz CT molecular complexity index is 1050. The molecular formula is C20H13BrClFN2O3S. The quantitative estimate of drug-likeness (QED) is 0.284. The van der Waals surface area contributed by atoms with Crippen LogP contribution in [-0.2, 0) is 9.59 Å². The molecule has 1 aliphatic heterocycles. The van der Waals surface area contributed by atoms with Crippen molar-refractivity contribution in [3.05, 3.63) is 75.5 Å². The third-order valence-electron chi connectivity index (χ3n) is 3.87. The maximum absolute atomic E-state index is 14.2. The van der Waals surface area contributed by atoms with Gasteiger partial charge in [0.25, 0.3) is 11.8 Å². The van der Waals surface area contributed by atoms with Crippen molar-refractivity contribution in [2.24, 2.45) is 0 Å². The Kier molecular flexibility index (Phi) is 6.46. The molecule has 9 heteroatoms. The molecule has 1 fully saturated rings. The fourth-order valence-electron chi connectivity index (χ4n) is 2.62. The summed E-state index contributed by atoms with van der Waals surface area (Å²) in [7, 11) is 0. The molecule has 2 aromatic rings. The average molecular weight is 496 g/mol. The van der Waals surface area contributed by atoms with Gasteiger partial charge in [0.15, 0.2) is 10.9 Å². The first-order valence-corrected chi connectivity index (χ1v) is 9.80. The molecule has 29 heavy (non-hydrogen) atoms. The van der Waals surface area contributed by atoms with Crippen molar-refractivity contribution in [2.75, 3.05) is 11.5 Å². The SMILES string of the molecule is C=CCOc1c(Cl)cc(/C=C2\C(=O)NC(=S)N(c3ccccc3F)C2=O)cc1Br. The Morgan fingerprint density at radius 1 is 1.31 bits per heavy atom. The van der Waals surface area contributed by atoms with Crippen molar-refractivity contribution in [3.63, 3.8) is 0 Å². The van der Waals surface area contributed by atoms with Crippen LogP contribution in [-0.4, -0.2) is 23.5 Å². The molecule has 1 N–H and O–H groups in total. The maximum Gasteiger partial charge on any atom is 0.270 e. The largest absolute Gasteiger partial charge is 0.487 e. The number of anilines is 1. The molecular weight excluding hydrogens is 483 g/mol. The van der Waals surface area contributed by atoms with Crippen molar-refractivity contribution >= 4 is 68.4 Å². The Labute approximate surface area is 184 Å². The van der Waals surface area contributed by atoms with Crippen LogP contribution >= 0.6 is 39.7 Å². The molecule has 3 rings (SSSR count). The molecule has 0 aromatic heterocycles. The maximum atomic E-state index is 14.2. The summed E-state index contributed by atoms with van der Waals surface area (Å²) in [6.07, 6.45) is 2.92. The normalized spacial score (nSPS) is 15.5. The van der Waals surface area contributed by atoms with Crippen LogP contribution in [0.25, 0.3) is 6.08 Å². The molecule has 0 saturated carbocycles. The zero-order chi connectivity index (χ0) is 21.1. The summed E-state index contributed by atoms with van der Waals surface area (Å²) >= 11 is 14.7. The van der Waals surface area contributed by atoms with E-state index in [-0.39, 0.29) is 28.0 Å². The van der Waals surface area contributed by atoms with Gasteiger partial charge in [-0.05, 0) is 64.1 Å². The van der Waals surface area contributed by atoms with Crippen molar-refractivity contribution < 1.29 is 18.7 Å². The second-order valence-corrected chi connectivity index (χ2v) is 7.47. The fourth-order valence-corrected chi connectivity index (χ4v) is 3.88. The van der Waals surface area contributed by atoms with Crippen molar-refractivity contribution in [1.29, 1.82) is 0 Å². The number of benzene rings is 2. The summed E-state index contributed by atoms with van der Waals surface area (Å²) in [5.74, 6) is -1.68. The first-order chi connectivity index (χ1) is 13.8. The number of nitrogens with one attached hydrogen (secondary N) is 1. The standard InChI is InChI=1S/C20H13BrClFN2O3S/c1-2-7-28-17-13(21)9-11(10-14(17)22)8-12-18(26)24-20(29)25(19(12)27)16-6-4-3-5-15(16)23/h2-6,8-10H,1,7H2,(H,24,26,29)/b12-8+. The Hall–Kier alpha value is -2.55. The van der Waals surface area contributed by atoms with E-state index in [1.54, 1.807) is 24.3 Å². The molecule has 0 radical (unpaired) electrons. The number of hydrogen-bond donors (Lipinski definition) is 1. The van der Waals surface area contributed by atoms with Crippen molar-refractivity contribution in [2.45, 2.75) is 0 Å². The van der Waals surface area contributed by atoms with Crippen LogP contribution in [0.5, 0.6) is 5.75 Å². The minimum Gasteiger partial charge on any atom is -0.487 e. The van der Waals surface area contributed by atoms with Gasteiger partial charge in [-0.15, -0.1) is 0 Å². The van der Waals surface area contributed by atoms with Gasteiger partial charge in [0.05, 0.1) is 15.2 Å². The van der Waals surface area contributed by atoms with E-state index in [0.29, 0.717) is 15.8 Å². The summed E-state index contributed by atoms with van der Waals surface area (Å²) in [6, 6.07) is 8.82. The lowest BCUT2D eigenvalue weighted by Gasteiger charge is -2.29. The fraction of sp³-hybridized carbons (Fsp3) is 0.0500. The van der Waals surface area contributed by atoms with Gasteiger partial charge in [0.1, 0.15) is 18.0 Å². The molecule has 2 aromatic carbocycles. The zero-order valence-corrected chi connectivity index (χ0v) is 17.9. The third kappa shape index (κ3) is 4.39. The van der Waals surface area contributed by atoms with Gasteiger partial charge >= 0.3 is 0 Å². The van der Waals surface area contributed by atoms with Gasteiger partial charge in [0.2, 0.25) is 0 Å². The molecule has 0 unspecified atom stereocenters. The summed E-state index contributed by atoms with van der Waals surface area (Å²) < 4.78 is 20.2. The van der Waals surface area contributed by atoms with Gasteiger partial charge < -0.3 is 4.74 Å². The second kappa shape index (κ2) is 8.86. The summed E-state index contributed by atoms with van der Waals surface area (Å²) in [5.41, 5.74) is 0.193. The average Bonchev–Trinajstić information content (AvgIpc) is 2.66. The molecule has 1 heterocycles. The molecule has 0 spiro atoms. The lowest BCUT2D eigenvalue weighted by molar-refractivity contribution is -0.122. The van der Waals surface area contributed by atoms with Gasteiger partial charge in [-0.25, -0.2) is 9.29 Å². The summed E-state index contributed by atoms with van der Waals surface area (Å²) in [6.45, 7) is 3.83. The van der Waals surface area contributed by atoms with Crippen LogP contribution < -0.4 is 15.0 Å². The van der Waals surface area contributed by atoms with E-state index in [1.807, 2.05) is 0 Å². The predicted molar refractivity (Wildman–Crippen MR) is 117 cm³/mol. The Morgan fingerprint density at radius 2 is 2.03 bits per heavy atom. The number of rotatable bonds is 5. The molecule has 148 valence electrons. The molecule has 2 amide bonds. The Balaban J connectivity index is 2.01. The van der Waals surface area contributed by atoms with E-state index < -0.39 is 17.6 Å². The minimum absolute atomic E-state index is 0.0548. The predicted octanol–water partition coefficient (Wildman–Crippen LogP) is 4.64. The van der Waals surface area contributed by atoms with E-state index in [9.17, 15) is 14.0 Å². The van der Waals surface area contributed by atoms with Crippen molar-refractivity contribution in [1.82, 2.24) is 5.32 Å². The minimum atomic E-state index is -0.747. The monoisotopic (exact) mass is 494 g/mol. The number of nitrogens with zero attached hydrogens (tertiary/aromatic N) is 1. The van der Waals surface area contributed by atoms with E-state index in [1.165, 1.54) is 24.3 Å². The second-order valence-electron chi connectivity index (χ2n) is 5.82. The third-order valence-corrected chi connectivity index (χ3v) is 5.03. The number of para-hydroxylation sites is 1. The number of ether oxygens (including phenoxy) is 1. The van der Waals surface area contributed by atoms with E-state index in [0.717, 1.165) is 4.90 Å². The number of carbonyl (C=O) groups excluding carboxylic acids is 2. The van der Waals surface area contributed by atoms with Crippen LogP contribution in [0, 0.1) is 5.82 Å². The van der Waals surface area contributed by atoms with Crippen LogP contribution in [0.15, 0.2) is 59.1 Å². The molecule has 0 bridgehead atoms.